The number of fused-ring (bicyclic) bond motifs is 5. The molecule has 1 aliphatic heterocycles. The molecule has 1 heterocycles. The predicted molar refractivity (Wildman–Crippen MR) is 139 cm³/mol. The van der Waals surface area contributed by atoms with Crippen LogP contribution < -0.4 is 5.32 Å². The summed E-state index contributed by atoms with van der Waals surface area (Å²) in [7, 11) is 2.01. The van der Waals surface area contributed by atoms with Crippen LogP contribution in [0.4, 0.5) is 4.79 Å². The van der Waals surface area contributed by atoms with E-state index in [2.05, 4.69) is 19.2 Å². The van der Waals surface area contributed by atoms with Crippen molar-refractivity contribution < 1.29 is 14.4 Å². The summed E-state index contributed by atoms with van der Waals surface area (Å²) in [6.07, 6.45) is 8.00. The Morgan fingerprint density at radius 3 is 2.14 bits per heavy atom. The number of nitrogens with one attached hydrogen (secondary N) is 1. The van der Waals surface area contributed by atoms with Crippen LogP contribution in [0.5, 0.6) is 0 Å². The molecule has 4 rings (SSSR count). The fraction of sp³-hybridized carbons (Fsp3) is 0.897. The van der Waals surface area contributed by atoms with Gasteiger partial charge < -0.3 is 10.2 Å². The Bertz CT molecular complexity index is 887. The number of piperidine rings is 1. The topological polar surface area (TPSA) is 69.7 Å². The molecule has 7 atom stereocenters. The van der Waals surface area contributed by atoms with E-state index in [1.165, 1.54) is 4.90 Å². The molecule has 0 spiro atoms. The Morgan fingerprint density at radius 2 is 1.54 bits per heavy atom. The molecule has 0 aromatic rings. The molecule has 4 amide bonds. The van der Waals surface area contributed by atoms with Gasteiger partial charge in [0.2, 0.25) is 11.8 Å². The van der Waals surface area contributed by atoms with E-state index in [9.17, 15) is 14.4 Å². The summed E-state index contributed by atoms with van der Waals surface area (Å²) in [4.78, 5) is 43.4. The van der Waals surface area contributed by atoms with E-state index < -0.39 is 11.1 Å². The molecule has 0 unspecified atom stereocenters. The maximum absolute atomic E-state index is 14.1. The number of carbonyl (C=O) groups excluding carboxylic acids is 3. The SMILES string of the molecule is CN1C(=O)CC[C@]2(C)[C@H]3CC[C@]4(C)[C@@H](C(=O)N(C(=O)NC(C)(C)C)C(C)(C)C)CC[C@H]4[C@@H]3CC[C@@H]12. The highest BCUT2D eigenvalue weighted by atomic mass is 16.2. The monoisotopic (exact) mass is 487 g/mol. The van der Waals surface area contributed by atoms with Crippen molar-refractivity contribution in [2.24, 2.45) is 34.5 Å². The van der Waals surface area contributed by atoms with Gasteiger partial charge in [-0.25, -0.2) is 4.79 Å². The van der Waals surface area contributed by atoms with E-state index in [0.29, 0.717) is 36.1 Å². The highest BCUT2D eigenvalue weighted by Gasteiger charge is 2.62. The summed E-state index contributed by atoms with van der Waals surface area (Å²) in [5.41, 5.74) is -0.866. The van der Waals surface area contributed by atoms with Gasteiger partial charge in [-0.15, -0.1) is 0 Å². The summed E-state index contributed by atoms with van der Waals surface area (Å²) >= 11 is 0. The number of hydrogen-bond acceptors (Lipinski definition) is 3. The predicted octanol–water partition coefficient (Wildman–Crippen LogP) is 5.60. The lowest BCUT2D eigenvalue weighted by atomic mass is 9.47. The number of hydrogen-bond donors (Lipinski definition) is 1. The van der Waals surface area contributed by atoms with Gasteiger partial charge in [0.15, 0.2) is 0 Å². The van der Waals surface area contributed by atoms with Crippen LogP contribution in [-0.4, -0.2) is 51.8 Å². The molecule has 3 saturated carbocycles. The number of urea groups is 1. The Hall–Kier alpha value is -1.59. The lowest BCUT2D eigenvalue weighted by Crippen LogP contribution is -2.62. The summed E-state index contributed by atoms with van der Waals surface area (Å²) in [6.45, 7) is 16.5. The van der Waals surface area contributed by atoms with Crippen molar-refractivity contribution in [1.29, 1.82) is 0 Å². The van der Waals surface area contributed by atoms with Crippen LogP contribution in [0, 0.1) is 34.5 Å². The van der Waals surface area contributed by atoms with E-state index >= 15 is 0 Å². The number of nitrogens with zero attached hydrogens (tertiary/aromatic N) is 2. The van der Waals surface area contributed by atoms with E-state index in [4.69, 9.17) is 0 Å². The number of rotatable bonds is 1. The Morgan fingerprint density at radius 1 is 0.914 bits per heavy atom. The fourth-order valence-electron chi connectivity index (χ4n) is 8.82. The average Bonchev–Trinajstić information content (AvgIpc) is 3.06. The molecule has 4 aliphatic rings. The van der Waals surface area contributed by atoms with Crippen LogP contribution >= 0.6 is 0 Å². The first-order chi connectivity index (χ1) is 16.0. The largest absolute Gasteiger partial charge is 0.342 e. The molecule has 3 aliphatic carbocycles. The zero-order chi connectivity index (χ0) is 26.1. The maximum atomic E-state index is 14.1. The van der Waals surface area contributed by atoms with Crippen LogP contribution in [0.2, 0.25) is 0 Å². The second-order valence-electron chi connectivity index (χ2n) is 14.7. The first kappa shape index (κ1) is 26.5. The van der Waals surface area contributed by atoms with Gasteiger partial charge in [-0.3, -0.25) is 14.5 Å². The molecule has 6 heteroatoms. The van der Waals surface area contributed by atoms with Crippen molar-refractivity contribution >= 4 is 17.8 Å². The molecule has 0 bridgehead atoms. The van der Waals surface area contributed by atoms with E-state index in [-0.39, 0.29) is 28.7 Å². The van der Waals surface area contributed by atoms with Gasteiger partial charge in [-0.2, -0.15) is 0 Å². The van der Waals surface area contributed by atoms with Gasteiger partial charge in [0.05, 0.1) is 0 Å². The molecule has 1 N–H and O–H groups in total. The highest BCUT2D eigenvalue weighted by Crippen LogP contribution is 2.66. The van der Waals surface area contributed by atoms with Crippen LogP contribution in [0.1, 0.15) is 107 Å². The summed E-state index contributed by atoms with van der Waals surface area (Å²) in [5.74, 6) is 1.94. The van der Waals surface area contributed by atoms with Crippen molar-refractivity contribution in [1.82, 2.24) is 15.1 Å². The van der Waals surface area contributed by atoms with Crippen molar-refractivity contribution in [3.63, 3.8) is 0 Å². The second kappa shape index (κ2) is 8.48. The van der Waals surface area contributed by atoms with Crippen molar-refractivity contribution in [3.05, 3.63) is 0 Å². The third-order valence-electron chi connectivity index (χ3n) is 10.4. The number of amides is 4. The smallest absolute Gasteiger partial charge is 0.324 e. The Labute approximate surface area is 212 Å². The summed E-state index contributed by atoms with van der Waals surface area (Å²) < 4.78 is 0. The normalized spacial score (nSPS) is 39.4. The third kappa shape index (κ3) is 4.31. The molecule has 0 aromatic heterocycles. The van der Waals surface area contributed by atoms with Crippen LogP contribution in [0.25, 0.3) is 0 Å². The second-order valence-corrected chi connectivity index (χ2v) is 14.7. The van der Waals surface area contributed by atoms with Crippen LogP contribution in [0.15, 0.2) is 0 Å². The molecule has 0 radical (unpaired) electrons. The van der Waals surface area contributed by atoms with Gasteiger partial charge in [-0.1, -0.05) is 13.8 Å². The van der Waals surface area contributed by atoms with Gasteiger partial charge in [0.25, 0.3) is 0 Å². The molecule has 1 saturated heterocycles. The zero-order valence-electron chi connectivity index (χ0n) is 23.7. The fourth-order valence-corrected chi connectivity index (χ4v) is 8.82. The van der Waals surface area contributed by atoms with Crippen molar-refractivity contribution in [3.8, 4) is 0 Å². The lowest BCUT2D eigenvalue weighted by molar-refractivity contribution is -0.161. The van der Waals surface area contributed by atoms with Gasteiger partial charge in [-0.05, 0) is 115 Å². The van der Waals surface area contributed by atoms with E-state index in [1.54, 1.807) is 0 Å². The van der Waals surface area contributed by atoms with Crippen molar-refractivity contribution in [2.45, 2.75) is 124 Å². The third-order valence-corrected chi connectivity index (χ3v) is 10.4. The van der Waals surface area contributed by atoms with Crippen molar-refractivity contribution in [2.75, 3.05) is 7.05 Å². The molecule has 6 nitrogen and oxygen atoms in total. The Balaban J connectivity index is 1.59. The number of imide groups is 1. The minimum absolute atomic E-state index is 0.00518. The van der Waals surface area contributed by atoms with Gasteiger partial charge in [0.1, 0.15) is 0 Å². The van der Waals surface area contributed by atoms with Crippen LogP contribution in [-0.2, 0) is 9.59 Å². The minimum atomic E-state index is -0.581. The molecule has 0 aromatic carbocycles. The maximum Gasteiger partial charge on any atom is 0.324 e. The number of carbonyl (C=O) groups is 3. The summed E-state index contributed by atoms with van der Waals surface area (Å²) in [6, 6.07) is 0.0735. The van der Waals surface area contributed by atoms with Crippen LogP contribution in [0.3, 0.4) is 0 Å². The van der Waals surface area contributed by atoms with E-state index in [1.807, 2.05) is 53.5 Å². The summed E-state index contributed by atoms with van der Waals surface area (Å²) in [5, 5.41) is 3.04. The number of likely N-dealkylation sites (tertiary alicyclic amines) is 1. The standard InChI is InChI=1S/C29H49N3O3/c1-26(2,3)30-25(35)32(27(4,5)6)24(34)21-12-11-19-18-10-13-22-29(8,17-15-23(33)31(22)9)20(18)14-16-28(19,21)7/h18-22H,10-17H2,1-9H3,(H,30,35)/t18-,19-,20-,21+,22+,28-,29+/m0/s1. The van der Waals surface area contributed by atoms with Gasteiger partial charge >= 0.3 is 6.03 Å². The average molecular weight is 488 g/mol. The highest BCUT2D eigenvalue weighted by molar-refractivity contribution is 5.97. The molecule has 35 heavy (non-hydrogen) atoms. The quantitative estimate of drug-likeness (QED) is 0.523. The Kier molecular flexibility index (Phi) is 6.41. The van der Waals surface area contributed by atoms with Gasteiger partial charge in [0, 0.05) is 36.5 Å². The molecular formula is C29H49N3O3. The van der Waals surface area contributed by atoms with E-state index in [0.717, 1.165) is 44.9 Å². The minimum Gasteiger partial charge on any atom is -0.342 e. The first-order valence-corrected chi connectivity index (χ1v) is 13.9. The first-order valence-electron chi connectivity index (χ1n) is 13.9. The molecular weight excluding hydrogens is 438 g/mol. The lowest BCUT2D eigenvalue weighted by Gasteiger charge is -2.61. The molecule has 4 fully saturated rings. The zero-order valence-corrected chi connectivity index (χ0v) is 23.7. The molecule has 198 valence electrons.